The van der Waals surface area contributed by atoms with E-state index in [4.69, 9.17) is 5.26 Å². The highest BCUT2D eigenvalue weighted by Crippen LogP contribution is 2.12. The van der Waals surface area contributed by atoms with Gasteiger partial charge >= 0.3 is 0 Å². The zero-order valence-corrected chi connectivity index (χ0v) is 10.7. The molecular weight excluding hydrogens is 214 g/mol. The van der Waals surface area contributed by atoms with Gasteiger partial charge in [-0.05, 0) is 39.8 Å². The molecule has 0 saturated heterocycles. The Labute approximate surface area is 102 Å². The van der Waals surface area contributed by atoms with Gasteiger partial charge in [0.1, 0.15) is 0 Å². The van der Waals surface area contributed by atoms with Crippen molar-refractivity contribution in [2.45, 2.75) is 27.7 Å². The molecule has 0 radical (unpaired) electrons. The van der Waals surface area contributed by atoms with Crippen molar-refractivity contribution in [2.24, 2.45) is 5.41 Å². The SMILES string of the molecule is Cc1ccc(C(=O)NCC(C)(C)C#N)c(C)n1. The van der Waals surface area contributed by atoms with Crippen LogP contribution in [-0.2, 0) is 0 Å². The van der Waals surface area contributed by atoms with Gasteiger partial charge < -0.3 is 5.32 Å². The van der Waals surface area contributed by atoms with E-state index in [0.717, 1.165) is 5.69 Å². The van der Waals surface area contributed by atoms with Gasteiger partial charge in [-0.1, -0.05) is 0 Å². The molecule has 0 bridgehead atoms. The minimum atomic E-state index is -0.554. The predicted octanol–water partition coefficient (Wildman–Crippen LogP) is 1.98. The fraction of sp³-hybridized carbons (Fsp3) is 0.462. The first-order valence-electron chi connectivity index (χ1n) is 5.49. The average molecular weight is 231 g/mol. The third-order valence-electron chi connectivity index (χ3n) is 2.46. The standard InChI is InChI=1S/C13H17N3O/c1-9-5-6-11(10(2)16-9)12(17)15-8-13(3,4)7-14/h5-6H,8H2,1-4H3,(H,15,17). The zero-order valence-electron chi connectivity index (χ0n) is 10.7. The van der Waals surface area contributed by atoms with Crippen molar-refractivity contribution in [3.8, 4) is 6.07 Å². The van der Waals surface area contributed by atoms with Gasteiger partial charge in [-0.3, -0.25) is 9.78 Å². The van der Waals surface area contributed by atoms with Crippen LogP contribution in [0.25, 0.3) is 0 Å². The van der Waals surface area contributed by atoms with E-state index >= 15 is 0 Å². The second kappa shape index (κ2) is 4.96. The molecule has 0 aromatic carbocycles. The maximum absolute atomic E-state index is 11.9. The first-order valence-corrected chi connectivity index (χ1v) is 5.49. The molecule has 1 heterocycles. The quantitative estimate of drug-likeness (QED) is 0.865. The highest BCUT2D eigenvalue weighted by molar-refractivity contribution is 5.95. The molecular formula is C13H17N3O. The topological polar surface area (TPSA) is 65.8 Å². The number of pyridine rings is 1. The summed E-state index contributed by atoms with van der Waals surface area (Å²) in [4.78, 5) is 16.1. The summed E-state index contributed by atoms with van der Waals surface area (Å²) >= 11 is 0. The van der Waals surface area contributed by atoms with E-state index in [1.165, 1.54) is 0 Å². The molecule has 17 heavy (non-hydrogen) atoms. The number of hydrogen-bond acceptors (Lipinski definition) is 3. The molecule has 0 spiro atoms. The number of nitrogens with one attached hydrogen (secondary N) is 1. The normalized spacial score (nSPS) is 10.8. The lowest BCUT2D eigenvalue weighted by Gasteiger charge is -2.16. The summed E-state index contributed by atoms with van der Waals surface area (Å²) in [6.45, 7) is 7.58. The van der Waals surface area contributed by atoms with E-state index in [-0.39, 0.29) is 5.91 Å². The fourth-order valence-corrected chi connectivity index (χ4v) is 1.36. The molecule has 4 nitrogen and oxygen atoms in total. The van der Waals surface area contributed by atoms with E-state index < -0.39 is 5.41 Å². The Morgan fingerprint density at radius 3 is 2.65 bits per heavy atom. The molecule has 1 aromatic heterocycles. The van der Waals surface area contributed by atoms with Gasteiger partial charge in [0.25, 0.3) is 5.91 Å². The van der Waals surface area contributed by atoms with Crippen LogP contribution in [0.4, 0.5) is 0 Å². The van der Waals surface area contributed by atoms with Gasteiger partial charge in [0.15, 0.2) is 0 Å². The Morgan fingerprint density at radius 2 is 2.12 bits per heavy atom. The van der Waals surface area contributed by atoms with Crippen molar-refractivity contribution < 1.29 is 4.79 Å². The van der Waals surface area contributed by atoms with Gasteiger partial charge in [0.2, 0.25) is 0 Å². The van der Waals surface area contributed by atoms with E-state index in [9.17, 15) is 4.79 Å². The molecule has 1 amide bonds. The Hall–Kier alpha value is -1.89. The van der Waals surface area contributed by atoms with E-state index in [2.05, 4.69) is 16.4 Å². The molecule has 0 aliphatic carbocycles. The van der Waals surface area contributed by atoms with Crippen LogP contribution in [0.1, 0.15) is 35.6 Å². The van der Waals surface area contributed by atoms with Gasteiger partial charge in [0, 0.05) is 12.2 Å². The number of carbonyl (C=O) groups is 1. The van der Waals surface area contributed by atoms with Crippen LogP contribution in [0.2, 0.25) is 0 Å². The maximum atomic E-state index is 11.9. The minimum absolute atomic E-state index is 0.182. The van der Waals surface area contributed by atoms with Crippen LogP contribution in [0.3, 0.4) is 0 Å². The van der Waals surface area contributed by atoms with Gasteiger partial charge in [-0.15, -0.1) is 0 Å². The van der Waals surface area contributed by atoms with E-state index in [1.807, 2.05) is 6.92 Å². The summed E-state index contributed by atoms with van der Waals surface area (Å²) in [5, 5.41) is 11.6. The van der Waals surface area contributed by atoms with Crippen LogP contribution in [0.5, 0.6) is 0 Å². The molecule has 0 fully saturated rings. The maximum Gasteiger partial charge on any atom is 0.253 e. The van der Waals surface area contributed by atoms with Crippen LogP contribution in [0.15, 0.2) is 12.1 Å². The van der Waals surface area contributed by atoms with Gasteiger partial charge in [0.05, 0.1) is 22.7 Å². The summed E-state index contributed by atoms with van der Waals surface area (Å²) in [7, 11) is 0. The predicted molar refractivity (Wildman–Crippen MR) is 65.4 cm³/mol. The summed E-state index contributed by atoms with van der Waals surface area (Å²) in [6.07, 6.45) is 0. The Balaban J connectivity index is 2.75. The minimum Gasteiger partial charge on any atom is -0.350 e. The second-order valence-corrected chi connectivity index (χ2v) is 4.76. The highest BCUT2D eigenvalue weighted by Gasteiger charge is 2.19. The summed E-state index contributed by atoms with van der Waals surface area (Å²) < 4.78 is 0. The second-order valence-electron chi connectivity index (χ2n) is 4.76. The Morgan fingerprint density at radius 1 is 1.47 bits per heavy atom. The van der Waals surface area contributed by atoms with E-state index in [1.54, 1.807) is 32.9 Å². The molecule has 0 aliphatic heterocycles. The molecule has 0 saturated carbocycles. The van der Waals surface area contributed by atoms with E-state index in [0.29, 0.717) is 17.8 Å². The number of amides is 1. The summed E-state index contributed by atoms with van der Waals surface area (Å²) in [6, 6.07) is 5.70. The third kappa shape index (κ3) is 3.56. The number of nitrogens with zero attached hydrogens (tertiary/aromatic N) is 2. The van der Waals surface area contributed by atoms with Crippen molar-refractivity contribution in [2.75, 3.05) is 6.54 Å². The number of nitriles is 1. The van der Waals surface area contributed by atoms with Crippen LogP contribution >= 0.6 is 0 Å². The summed E-state index contributed by atoms with van der Waals surface area (Å²) in [5.74, 6) is -0.182. The first kappa shape index (κ1) is 13.2. The number of rotatable bonds is 3. The lowest BCUT2D eigenvalue weighted by molar-refractivity contribution is 0.0942. The largest absolute Gasteiger partial charge is 0.350 e. The van der Waals surface area contributed by atoms with Crippen molar-refractivity contribution in [1.29, 1.82) is 5.26 Å². The molecule has 0 atom stereocenters. The number of hydrogen-bond donors (Lipinski definition) is 1. The van der Waals surface area contributed by atoms with Crippen molar-refractivity contribution >= 4 is 5.91 Å². The lowest BCUT2D eigenvalue weighted by atomic mass is 9.96. The molecule has 0 unspecified atom stereocenters. The molecule has 1 rings (SSSR count). The highest BCUT2D eigenvalue weighted by atomic mass is 16.1. The fourth-order valence-electron chi connectivity index (χ4n) is 1.36. The smallest absolute Gasteiger partial charge is 0.253 e. The molecule has 0 aliphatic rings. The van der Waals surface area contributed by atoms with Crippen LogP contribution in [0, 0.1) is 30.6 Å². The third-order valence-corrected chi connectivity index (χ3v) is 2.46. The molecule has 90 valence electrons. The van der Waals surface area contributed by atoms with Crippen molar-refractivity contribution in [1.82, 2.24) is 10.3 Å². The van der Waals surface area contributed by atoms with Gasteiger partial charge in [-0.25, -0.2) is 0 Å². The molecule has 1 N–H and O–H groups in total. The monoisotopic (exact) mass is 231 g/mol. The molecule has 4 heteroatoms. The molecule has 1 aromatic rings. The Bertz CT molecular complexity index is 472. The van der Waals surface area contributed by atoms with Crippen LogP contribution < -0.4 is 5.32 Å². The lowest BCUT2D eigenvalue weighted by Crippen LogP contribution is -2.33. The summed E-state index contributed by atoms with van der Waals surface area (Å²) in [5.41, 5.74) is 1.60. The van der Waals surface area contributed by atoms with Crippen molar-refractivity contribution in [3.05, 3.63) is 29.1 Å². The first-order chi connectivity index (χ1) is 7.85. The zero-order chi connectivity index (χ0) is 13.1. The average Bonchev–Trinajstić information content (AvgIpc) is 2.26. The number of carbonyl (C=O) groups excluding carboxylic acids is 1. The number of aromatic nitrogens is 1. The Kier molecular flexibility index (Phi) is 3.84. The number of aryl methyl sites for hydroxylation is 2. The van der Waals surface area contributed by atoms with Crippen molar-refractivity contribution in [3.63, 3.8) is 0 Å². The van der Waals surface area contributed by atoms with Crippen LogP contribution in [-0.4, -0.2) is 17.4 Å². The van der Waals surface area contributed by atoms with Gasteiger partial charge in [-0.2, -0.15) is 5.26 Å².